The van der Waals surface area contributed by atoms with Crippen LogP contribution in [0.4, 0.5) is 5.82 Å². The summed E-state index contributed by atoms with van der Waals surface area (Å²) in [6, 6.07) is 4.26. The van der Waals surface area contributed by atoms with E-state index in [1.165, 1.54) is 12.8 Å². The fourth-order valence-corrected chi connectivity index (χ4v) is 2.70. The molecular formula is C13H17ClN4. The van der Waals surface area contributed by atoms with E-state index in [1.807, 2.05) is 11.9 Å². The van der Waals surface area contributed by atoms with Crippen LogP contribution in [0.3, 0.4) is 0 Å². The summed E-state index contributed by atoms with van der Waals surface area (Å²) in [5.41, 5.74) is 0.480. The maximum atomic E-state index is 8.96. The van der Waals surface area contributed by atoms with E-state index in [-0.39, 0.29) is 0 Å². The molecule has 1 saturated heterocycles. The third-order valence-electron chi connectivity index (χ3n) is 3.51. The summed E-state index contributed by atoms with van der Waals surface area (Å²) in [5, 5.41) is 9.41. The second-order valence-corrected chi connectivity index (χ2v) is 5.14. The number of pyridine rings is 1. The highest BCUT2D eigenvalue weighted by Crippen LogP contribution is 2.27. The molecule has 0 N–H and O–H groups in total. The second-order valence-electron chi connectivity index (χ2n) is 4.77. The van der Waals surface area contributed by atoms with Gasteiger partial charge in [-0.15, -0.1) is 0 Å². The fourth-order valence-electron chi connectivity index (χ4n) is 2.40. The molecule has 2 rings (SSSR count). The Labute approximate surface area is 113 Å². The van der Waals surface area contributed by atoms with Gasteiger partial charge in [0.15, 0.2) is 0 Å². The Bertz CT molecular complexity index is 469. The molecule has 2 heterocycles. The largest absolute Gasteiger partial charge is 0.357 e. The molecule has 1 aliphatic heterocycles. The molecule has 0 amide bonds. The van der Waals surface area contributed by atoms with Crippen molar-refractivity contribution in [2.75, 3.05) is 32.1 Å². The highest BCUT2D eigenvalue weighted by Gasteiger charge is 2.23. The molecule has 1 unspecified atom stereocenters. The van der Waals surface area contributed by atoms with E-state index in [0.29, 0.717) is 22.4 Å². The molecule has 1 aliphatic rings. The molecule has 18 heavy (non-hydrogen) atoms. The molecule has 0 radical (unpaired) electrons. The number of hydrogen-bond donors (Lipinski definition) is 0. The summed E-state index contributed by atoms with van der Waals surface area (Å²) in [7, 11) is 4.12. The summed E-state index contributed by atoms with van der Waals surface area (Å²) < 4.78 is 0. The number of nitrogens with zero attached hydrogens (tertiary/aromatic N) is 4. The monoisotopic (exact) mass is 264 g/mol. The standard InChI is InChI=1S/C13H17ClN4/c1-17-7-3-4-11(17)9-18(2)13-12(14)10(8-15)5-6-16-13/h5-6,11H,3-4,7,9H2,1-2H3. The first kappa shape index (κ1) is 13.1. The first-order chi connectivity index (χ1) is 8.63. The molecule has 1 fully saturated rings. The van der Waals surface area contributed by atoms with Crippen molar-refractivity contribution in [1.29, 1.82) is 5.26 Å². The summed E-state index contributed by atoms with van der Waals surface area (Å²) >= 11 is 6.19. The third-order valence-corrected chi connectivity index (χ3v) is 3.88. The average Bonchev–Trinajstić information content (AvgIpc) is 2.75. The van der Waals surface area contributed by atoms with Crippen molar-refractivity contribution in [2.45, 2.75) is 18.9 Å². The number of anilines is 1. The molecule has 0 aliphatic carbocycles. The van der Waals surface area contributed by atoms with Crippen molar-refractivity contribution in [3.8, 4) is 6.07 Å². The van der Waals surface area contributed by atoms with Crippen molar-refractivity contribution in [3.63, 3.8) is 0 Å². The lowest BCUT2D eigenvalue weighted by atomic mass is 10.2. The van der Waals surface area contributed by atoms with Crippen LogP contribution in [-0.2, 0) is 0 Å². The molecule has 1 aromatic rings. The second kappa shape index (κ2) is 5.55. The van der Waals surface area contributed by atoms with E-state index in [4.69, 9.17) is 16.9 Å². The lowest BCUT2D eigenvalue weighted by Gasteiger charge is -2.27. The Hall–Kier alpha value is -1.31. The van der Waals surface area contributed by atoms with Crippen LogP contribution in [-0.4, -0.2) is 43.1 Å². The lowest BCUT2D eigenvalue weighted by molar-refractivity contribution is 0.314. The van der Waals surface area contributed by atoms with Crippen molar-refractivity contribution in [2.24, 2.45) is 0 Å². The molecule has 1 aromatic heterocycles. The summed E-state index contributed by atoms with van der Waals surface area (Å²) in [4.78, 5) is 8.68. The minimum atomic E-state index is 0.447. The number of nitriles is 1. The summed E-state index contributed by atoms with van der Waals surface area (Å²) in [5.74, 6) is 0.691. The predicted octanol–water partition coefficient (Wildman–Crippen LogP) is 2.14. The van der Waals surface area contributed by atoms with Gasteiger partial charge in [-0.2, -0.15) is 5.26 Å². The fraction of sp³-hybridized carbons (Fsp3) is 0.538. The molecule has 0 bridgehead atoms. The predicted molar refractivity (Wildman–Crippen MR) is 72.9 cm³/mol. The van der Waals surface area contributed by atoms with Crippen LogP contribution in [0.25, 0.3) is 0 Å². The summed E-state index contributed by atoms with van der Waals surface area (Å²) in [6.07, 6.45) is 4.08. The van der Waals surface area contributed by atoms with E-state index < -0.39 is 0 Å². The smallest absolute Gasteiger partial charge is 0.148 e. The van der Waals surface area contributed by atoms with Gasteiger partial charge in [-0.25, -0.2) is 4.98 Å². The van der Waals surface area contributed by atoms with Crippen LogP contribution >= 0.6 is 11.6 Å². The number of likely N-dealkylation sites (tertiary alicyclic amines) is 1. The van der Waals surface area contributed by atoms with Gasteiger partial charge < -0.3 is 9.80 Å². The Balaban J connectivity index is 2.14. The third kappa shape index (κ3) is 2.58. The minimum Gasteiger partial charge on any atom is -0.357 e. The van der Waals surface area contributed by atoms with Gasteiger partial charge in [0, 0.05) is 25.8 Å². The van der Waals surface area contributed by atoms with Crippen LogP contribution in [0.5, 0.6) is 0 Å². The zero-order valence-electron chi connectivity index (χ0n) is 10.7. The highest BCUT2D eigenvalue weighted by atomic mass is 35.5. The molecule has 4 nitrogen and oxygen atoms in total. The Morgan fingerprint density at radius 3 is 3.06 bits per heavy atom. The van der Waals surface area contributed by atoms with Gasteiger partial charge in [0.05, 0.1) is 5.56 Å². The van der Waals surface area contributed by atoms with Gasteiger partial charge in [-0.3, -0.25) is 0 Å². The highest BCUT2D eigenvalue weighted by molar-refractivity contribution is 6.34. The number of hydrogen-bond acceptors (Lipinski definition) is 4. The van der Waals surface area contributed by atoms with Gasteiger partial charge in [0.1, 0.15) is 16.9 Å². The van der Waals surface area contributed by atoms with Crippen molar-refractivity contribution in [1.82, 2.24) is 9.88 Å². The van der Waals surface area contributed by atoms with E-state index >= 15 is 0 Å². The van der Waals surface area contributed by atoms with Gasteiger partial charge in [-0.05, 0) is 32.5 Å². The minimum absolute atomic E-state index is 0.447. The SMILES string of the molecule is CN(CC1CCCN1C)c1nccc(C#N)c1Cl. The van der Waals surface area contributed by atoms with Gasteiger partial charge in [-0.1, -0.05) is 11.6 Å². The van der Waals surface area contributed by atoms with Crippen LogP contribution < -0.4 is 4.90 Å². The average molecular weight is 265 g/mol. The molecule has 1 atom stereocenters. The topological polar surface area (TPSA) is 43.2 Å². The van der Waals surface area contributed by atoms with Crippen molar-refractivity contribution >= 4 is 17.4 Å². The number of likely N-dealkylation sites (N-methyl/N-ethyl adjacent to an activating group) is 2. The van der Waals surface area contributed by atoms with E-state index in [0.717, 1.165) is 13.1 Å². The lowest BCUT2D eigenvalue weighted by Crippen LogP contribution is -2.37. The first-order valence-corrected chi connectivity index (χ1v) is 6.47. The van der Waals surface area contributed by atoms with Crippen molar-refractivity contribution in [3.05, 3.63) is 22.8 Å². The van der Waals surface area contributed by atoms with Crippen LogP contribution in [0.2, 0.25) is 5.02 Å². The molecule has 5 heteroatoms. The first-order valence-electron chi connectivity index (χ1n) is 6.09. The molecule has 96 valence electrons. The van der Waals surface area contributed by atoms with Gasteiger partial charge in [0.25, 0.3) is 0 Å². The van der Waals surface area contributed by atoms with Gasteiger partial charge in [0.2, 0.25) is 0 Å². The Kier molecular flexibility index (Phi) is 4.05. The van der Waals surface area contributed by atoms with Gasteiger partial charge >= 0.3 is 0 Å². The molecule has 0 aromatic carbocycles. The molecule has 0 spiro atoms. The van der Waals surface area contributed by atoms with Crippen LogP contribution in [0.1, 0.15) is 18.4 Å². The quantitative estimate of drug-likeness (QED) is 0.839. The number of halogens is 1. The van der Waals surface area contributed by atoms with E-state index in [1.54, 1.807) is 12.3 Å². The Morgan fingerprint density at radius 2 is 2.44 bits per heavy atom. The maximum Gasteiger partial charge on any atom is 0.148 e. The number of rotatable bonds is 3. The maximum absolute atomic E-state index is 8.96. The Morgan fingerprint density at radius 1 is 1.67 bits per heavy atom. The normalized spacial score (nSPS) is 19.8. The van der Waals surface area contributed by atoms with Crippen molar-refractivity contribution < 1.29 is 0 Å². The molecule has 0 saturated carbocycles. The number of aromatic nitrogens is 1. The zero-order chi connectivity index (χ0) is 13.1. The van der Waals surface area contributed by atoms with E-state index in [9.17, 15) is 0 Å². The molecular weight excluding hydrogens is 248 g/mol. The summed E-state index contributed by atoms with van der Waals surface area (Å²) in [6.45, 7) is 2.04. The van der Waals surface area contributed by atoms with E-state index in [2.05, 4.69) is 23.0 Å². The van der Waals surface area contributed by atoms with Crippen LogP contribution in [0, 0.1) is 11.3 Å². The van der Waals surface area contributed by atoms with Crippen LogP contribution in [0.15, 0.2) is 12.3 Å². The zero-order valence-corrected chi connectivity index (χ0v) is 11.5.